The molecule has 0 aromatic carbocycles. The van der Waals surface area contributed by atoms with Gasteiger partial charge in [-0.05, 0) is 39.8 Å². The molecule has 1 aliphatic rings. The molecular weight excluding hydrogens is 235 g/mol. The largest absolute Gasteiger partial charge is 0.377 e. The lowest BCUT2D eigenvalue weighted by Gasteiger charge is -2.26. The Labute approximate surface area is 106 Å². The lowest BCUT2D eigenvalue weighted by molar-refractivity contribution is 0.0184. The molecule has 94 valence electrons. The molecule has 0 unspecified atom stereocenters. The Kier molecular flexibility index (Phi) is 11.5. The Morgan fingerprint density at radius 2 is 1.67 bits per heavy atom. The maximum atomic E-state index is 5.81. The van der Waals surface area contributed by atoms with E-state index in [0.29, 0.717) is 12.1 Å². The fourth-order valence-corrected chi connectivity index (χ4v) is 1.66. The minimum atomic E-state index is 0. The number of hydrogen-bond acceptors (Lipinski definition) is 3. The molecule has 0 bridgehead atoms. The van der Waals surface area contributed by atoms with Gasteiger partial charge in [-0.25, -0.2) is 0 Å². The fourth-order valence-electron chi connectivity index (χ4n) is 1.66. The third-order valence-electron chi connectivity index (χ3n) is 2.61. The molecule has 0 aromatic rings. The van der Waals surface area contributed by atoms with Gasteiger partial charge in [0, 0.05) is 12.6 Å². The van der Waals surface area contributed by atoms with Crippen LogP contribution in [0.1, 0.15) is 25.7 Å². The number of halogens is 2. The van der Waals surface area contributed by atoms with Gasteiger partial charge in [-0.2, -0.15) is 0 Å². The predicted molar refractivity (Wildman–Crippen MR) is 69.2 cm³/mol. The zero-order valence-electron chi connectivity index (χ0n) is 9.65. The lowest BCUT2D eigenvalue weighted by Crippen LogP contribution is -2.31. The van der Waals surface area contributed by atoms with E-state index in [1.807, 2.05) is 0 Å². The summed E-state index contributed by atoms with van der Waals surface area (Å²) in [6.07, 6.45) is 5.03. The molecule has 3 nitrogen and oxygen atoms in total. The van der Waals surface area contributed by atoms with Crippen molar-refractivity contribution in [2.75, 3.05) is 27.2 Å². The second kappa shape index (κ2) is 9.67. The van der Waals surface area contributed by atoms with E-state index in [0.717, 1.165) is 38.8 Å². The molecule has 0 heterocycles. The summed E-state index contributed by atoms with van der Waals surface area (Å²) in [5.74, 6) is 0. The number of nitrogens with zero attached hydrogens (tertiary/aromatic N) is 1. The summed E-state index contributed by atoms with van der Waals surface area (Å²) in [4.78, 5) is 2.15. The third kappa shape index (κ3) is 8.29. The van der Waals surface area contributed by atoms with Gasteiger partial charge in [0.15, 0.2) is 0 Å². The van der Waals surface area contributed by atoms with Crippen LogP contribution in [-0.2, 0) is 4.74 Å². The van der Waals surface area contributed by atoms with Crippen molar-refractivity contribution < 1.29 is 4.74 Å². The van der Waals surface area contributed by atoms with E-state index >= 15 is 0 Å². The van der Waals surface area contributed by atoms with Gasteiger partial charge in [0.2, 0.25) is 0 Å². The van der Waals surface area contributed by atoms with E-state index in [2.05, 4.69) is 19.0 Å². The van der Waals surface area contributed by atoms with Crippen LogP contribution in [0, 0.1) is 0 Å². The van der Waals surface area contributed by atoms with Gasteiger partial charge in [-0.1, -0.05) is 0 Å². The van der Waals surface area contributed by atoms with E-state index in [-0.39, 0.29) is 24.8 Å². The maximum Gasteiger partial charge on any atom is 0.0596 e. The van der Waals surface area contributed by atoms with E-state index in [1.165, 1.54) is 0 Å². The number of nitrogens with two attached hydrogens (primary N) is 1. The minimum absolute atomic E-state index is 0. The van der Waals surface area contributed by atoms with Crippen molar-refractivity contribution in [3.8, 4) is 0 Å². The molecule has 2 N–H and O–H groups in total. The normalized spacial score (nSPS) is 25.6. The van der Waals surface area contributed by atoms with Crippen LogP contribution in [-0.4, -0.2) is 44.3 Å². The monoisotopic (exact) mass is 258 g/mol. The standard InChI is InChI=1S/C10H22N2O.2ClH/c1-12(2)7-8-13-10-5-3-9(11)4-6-10;;/h9-10H,3-8,11H2,1-2H3;2*1H. The van der Waals surface area contributed by atoms with Gasteiger partial charge in [0.25, 0.3) is 0 Å². The molecule has 0 amide bonds. The zero-order valence-corrected chi connectivity index (χ0v) is 11.3. The molecule has 0 spiro atoms. The first-order valence-corrected chi connectivity index (χ1v) is 5.20. The smallest absolute Gasteiger partial charge is 0.0596 e. The van der Waals surface area contributed by atoms with Crippen LogP contribution in [0.4, 0.5) is 0 Å². The number of rotatable bonds is 4. The van der Waals surface area contributed by atoms with Crippen LogP contribution in [0.5, 0.6) is 0 Å². The van der Waals surface area contributed by atoms with Crippen molar-refractivity contribution >= 4 is 24.8 Å². The Bertz CT molecular complexity index is 139. The number of ether oxygens (including phenoxy) is 1. The molecule has 1 rings (SSSR count). The van der Waals surface area contributed by atoms with Crippen LogP contribution in [0.3, 0.4) is 0 Å². The molecule has 0 saturated heterocycles. The molecule has 1 fully saturated rings. The fraction of sp³-hybridized carbons (Fsp3) is 1.00. The van der Waals surface area contributed by atoms with Crippen molar-refractivity contribution in [3.63, 3.8) is 0 Å². The zero-order chi connectivity index (χ0) is 9.68. The van der Waals surface area contributed by atoms with Gasteiger partial charge in [-0.15, -0.1) is 24.8 Å². The average Bonchev–Trinajstić information content (AvgIpc) is 2.08. The molecular formula is C10H24Cl2N2O. The summed E-state index contributed by atoms with van der Waals surface area (Å²) < 4.78 is 5.74. The van der Waals surface area contributed by atoms with Crippen LogP contribution in [0.25, 0.3) is 0 Å². The maximum absolute atomic E-state index is 5.81. The first-order chi connectivity index (χ1) is 6.18. The van der Waals surface area contributed by atoms with Gasteiger partial charge in [0.1, 0.15) is 0 Å². The quantitative estimate of drug-likeness (QED) is 0.834. The molecule has 5 heteroatoms. The van der Waals surface area contributed by atoms with E-state index in [4.69, 9.17) is 10.5 Å². The van der Waals surface area contributed by atoms with Crippen LogP contribution in [0.15, 0.2) is 0 Å². The number of likely N-dealkylation sites (N-methyl/N-ethyl adjacent to an activating group) is 1. The molecule has 0 aliphatic heterocycles. The van der Waals surface area contributed by atoms with Crippen LogP contribution >= 0.6 is 24.8 Å². The van der Waals surface area contributed by atoms with E-state index in [1.54, 1.807) is 0 Å². The lowest BCUT2D eigenvalue weighted by atomic mass is 9.94. The summed E-state index contributed by atoms with van der Waals surface area (Å²) in [6.45, 7) is 1.87. The van der Waals surface area contributed by atoms with Gasteiger partial charge < -0.3 is 15.4 Å². The van der Waals surface area contributed by atoms with Crippen LogP contribution < -0.4 is 5.73 Å². The Morgan fingerprint density at radius 3 is 2.13 bits per heavy atom. The Balaban J connectivity index is 0. The average molecular weight is 259 g/mol. The molecule has 0 atom stereocenters. The van der Waals surface area contributed by atoms with Gasteiger partial charge >= 0.3 is 0 Å². The summed E-state index contributed by atoms with van der Waals surface area (Å²) >= 11 is 0. The minimum Gasteiger partial charge on any atom is -0.377 e. The summed E-state index contributed by atoms with van der Waals surface area (Å²) in [6, 6.07) is 0.425. The highest BCUT2D eigenvalue weighted by atomic mass is 35.5. The molecule has 1 aliphatic carbocycles. The van der Waals surface area contributed by atoms with Gasteiger partial charge in [-0.3, -0.25) is 0 Å². The third-order valence-corrected chi connectivity index (χ3v) is 2.61. The second-order valence-corrected chi connectivity index (χ2v) is 4.21. The summed E-state index contributed by atoms with van der Waals surface area (Å²) in [5.41, 5.74) is 5.81. The SMILES string of the molecule is CN(C)CCOC1CCC(N)CC1.Cl.Cl. The second-order valence-electron chi connectivity index (χ2n) is 4.21. The van der Waals surface area contributed by atoms with E-state index < -0.39 is 0 Å². The predicted octanol–water partition coefficient (Wildman–Crippen LogP) is 1.68. The highest BCUT2D eigenvalue weighted by Gasteiger charge is 2.18. The highest BCUT2D eigenvalue weighted by Crippen LogP contribution is 2.19. The topological polar surface area (TPSA) is 38.5 Å². The molecule has 1 saturated carbocycles. The summed E-state index contributed by atoms with van der Waals surface area (Å²) in [7, 11) is 4.14. The van der Waals surface area contributed by atoms with Crippen molar-refractivity contribution in [2.45, 2.75) is 37.8 Å². The van der Waals surface area contributed by atoms with E-state index in [9.17, 15) is 0 Å². The Morgan fingerprint density at radius 1 is 1.13 bits per heavy atom. The Hall–Kier alpha value is 0.460. The molecule has 15 heavy (non-hydrogen) atoms. The van der Waals surface area contributed by atoms with Crippen molar-refractivity contribution in [2.24, 2.45) is 5.73 Å². The van der Waals surface area contributed by atoms with Crippen molar-refractivity contribution in [1.82, 2.24) is 4.90 Å². The highest BCUT2D eigenvalue weighted by molar-refractivity contribution is 5.85. The molecule has 0 aromatic heterocycles. The summed E-state index contributed by atoms with van der Waals surface area (Å²) in [5, 5.41) is 0. The first kappa shape index (κ1) is 17.8. The van der Waals surface area contributed by atoms with Crippen molar-refractivity contribution in [1.29, 1.82) is 0 Å². The number of hydrogen-bond donors (Lipinski definition) is 1. The van der Waals surface area contributed by atoms with Crippen LogP contribution in [0.2, 0.25) is 0 Å². The van der Waals surface area contributed by atoms with Gasteiger partial charge in [0.05, 0.1) is 12.7 Å². The molecule has 0 radical (unpaired) electrons. The first-order valence-electron chi connectivity index (χ1n) is 5.20. The van der Waals surface area contributed by atoms with Crippen molar-refractivity contribution in [3.05, 3.63) is 0 Å².